The van der Waals surface area contributed by atoms with Gasteiger partial charge in [-0.25, -0.2) is 4.79 Å². The van der Waals surface area contributed by atoms with Gasteiger partial charge in [0.15, 0.2) is 0 Å². The molecule has 238 valence electrons. The van der Waals surface area contributed by atoms with Gasteiger partial charge in [-0.2, -0.15) is 0 Å². The minimum Gasteiger partial charge on any atom is -0.497 e. The molecule has 5 aliphatic carbocycles. The van der Waals surface area contributed by atoms with Gasteiger partial charge in [-0.3, -0.25) is 4.90 Å². The Morgan fingerprint density at radius 3 is 2.35 bits per heavy atom. The fraction of sp³-hybridized carbons (Fsp3) is 0.788. The zero-order valence-electron chi connectivity index (χ0n) is 26.1. The maximum atomic E-state index is 13.7. The summed E-state index contributed by atoms with van der Waals surface area (Å²) in [6, 6.07) is 6.91. The molecule has 1 spiro atoms. The van der Waals surface area contributed by atoms with Gasteiger partial charge in [-0.05, 0) is 43.1 Å². The molecule has 6 fully saturated rings. The first-order valence-corrected chi connectivity index (χ1v) is 15.8. The van der Waals surface area contributed by atoms with Crippen LogP contribution in [0.1, 0.15) is 36.5 Å². The standard InChI is InChI=1S/C33H47NO9/c1-7-34-15-31(16-38-2)22(35)13-23(41-5)33-20-12-19-21(40-4)14-32(37,25(29(33)34)27(42-6)28(31)33)24(20)26(19)43-30(36)17-8-10-18(39-3)11-9-17/h8-11,19-29,35,37H,7,12-16H2,1-6H3. The molecule has 0 radical (unpaired) electrons. The van der Waals surface area contributed by atoms with Crippen LogP contribution in [0.3, 0.4) is 0 Å². The van der Waals surface area contributed by atoms with E-state index < -0.39 is 34.6 Å². The lowest BCUT2D eigenvalue weighted by atomic mass is 9.42. The minimum atomic E-state index is -1.21. The van der Waals surface area contributed by atoms with E-state index in [2.05, 4.69) is 11.8 Å². The lowest BCUT2D eigenvalue weighted by Crippen LogP contribution is -2.78. The van der Waals surface area contributed by atoms with Crippen molar-refractivity contribution in [2.24, 2.45) is 40.4 Å². The molecule has 6 aliphatic rings. The highest BCUT2D eigenvalue weighted by Gasteiger charge is 2.87. The Bertz CT molecular complexity index is 1230. The van der Waals surface area contributed by atoms with Gasteiger partial charge in [-0.15, -0.1) is 0 Å². The Kier molecular flexibility index (Phi) is 7.21. The maximum absolute atomic E-state index is 13.7. The molecule has 0 aromatic heterocycles. The molecular weight excluding hydrogens is 554 g/mol. The Morgan fingerprint density at radius 2 is 1.74 bits per heavy atom. The van der Waals surface area contributed by atoms with Gasteiger partial charge in [0.05, 0.1) is 49.3 Å². The van der Waals surface area contributed by atoms with E-state index in [0.717, 1.165) is 13.0 Å². The van der Waals surface area contributed by atoms with Crippen molar-refractivity contribution in [3.05, 3.63) is 29.8 Å². The zero-order valence-corrected chi connectivity index (χ0v) is 26.1. The fourth-order valence-electron chi connectivity index (χ4n) is 12.0. The molecule has 1 aromatic carbocycles. The predicted octanol–water partition coefficient (Wildman–Crippen LogP) is 2.00. The van der Waals surface area contributed by atoms with Crippen LogP contribution in [0.15, 0.2) is 24.3 Å². The van der Waals surface area contributed by atoms with E-state index >= 15 is 0 Å². The summed E-state index contributed by atoms with van der Waals surface area (Å²) in [5.74, 6) is -0.573. The van der Waals surface area contributed by atoms with Crippen LogP contribution in [0.25, 0.3) is 0 Å². The van der Waals surface area contributed by atoms with Crippen molar-refractivity contribution in [1.82, 2.24) is 4.90 Å². The van der Waals surface area contributed by atoms with Gasteiger partial charge in [0.25, 0.3) is 0 Å². The molecule has 10 nitrogen and oxygen atoms in total. The molecule has 14 atom stereocenters. The molecule has 5 saturated carbocycles. The summed E-state index contributed by atoms with van der Waals surface area (Å²) in [7, 11) is 8.47. The number of aliphatic hydroxyl groups is 2. The van der Waals surface area contributed by atoms with Gasteiger partial charge in [-0.1, -0.05) is 6.92 Å². The summed E-state index contributed by atoms with van der Waals surface area (Å²) in [5.41, 5.74) is -1.80. The number of carbonyl (C=O) groups excluding carboxylic acids is 1. The second-order valence-electron chi connectivity index (χ2n) is 14.0. The van der Waals surface area contributed by atoms with Gasteiger partial charge >= 0.3 is 5.97 Å². The number of methoxy groups -OCH3 is 5. The number of fused-ring (bicyclic) bond motifs is 2. The van der Waals surface area contributed by atoms with Crippen LogP contribution in [0.2, 0.25) is 0 Å². The average Bonchev–Trinajstić information content (AvgIpc) is 3.45. The number of aliphatic hydroxyl groups excluding tert-OH is 1. The molecule has 7 bridgehead atoms. The van der Waals surface area contributed by atoms with Gasteiger partial charge < -0.3 is 38.6 Å². The number of carbonyl (C=O) groups is 1. The number of likely N-dealkylation sites (tertiary alicyclic amines) is 1. The summed E-state index contributed by atoms with van der Waals surface area (Å²) in [6.07, 6.45) is -0.383. The van der Waals surface area contributed by atoms with Crippen LogP contribution in [0, 0.1) is 40.4 Å². The van der Waals surface area contributed by atoms with E-state index in [1.165, 1.54) is 0 Å². The molecule has 7 rings (SSSR count). The number of nitrogens with zero attached hydrogens (tertiary/aromatic N) is 1. The van der Waals surface area contributed by atoms with Crippen molar-refractivity contribution in [3.8, 4) is 5.75 Å². The fourth-order valence-corrected chi connectivity index (χ4v) is 12.0. The Hall–Kier alpha value is -1.79. The van der Waals surface area contributed by atoms with E-state index in [1.54, 1.807) is 59.8 Å². The van der Waals surface area contributed by atoms with Crippen molar-refractivity contribution in [1.29, 1.82) is 0 Å². The number of rotatable bonds is 9. The van der Waals surface area contributed by atoms with Gasteiger partial charge in [0.2, 0.25) is 0 Å². The first kappa shape index (κ1) is 29.9. The van der Waals surface area contributed by atoms with Crippen molar-refractivity contribution in [2.45, 2.75) is 68.3 Å². The minimum absolute atomic E-state index is 0.0200. The molecular formula is C33H47NO9. The van der Waals surface area contributed by atoms with Gasteiger partial charge in [0, 0.05) is 88.4 Å². The van der Waals surface area contributed by atoms with Crippen molar-refractivity contribution in [2.75, 3.05) is 55.2 Å². The second kappa shape index (κ2) is 10.4. The third kappa shape index (κ3) is 3.57. The van der Waals surface area contributed by atoms with Crippen molar-refractivity contribution >= 4 is 5.97 Å². The molecule has 2 N–H and O–H groups in total. The van der Waals surface area contributed by atoms with Crippen LogP contribution in [0.5, 0.6) is 5.75 Å². The van der Waals surface area contributed by atoms with E-state index in [4.69, 9.17) is 28.4 Å². The topological polar surface area (TPSA) is 116 Å². The quantitative estimate of drug-likeness (QED) is 0.407. The number of piperidine rings is 1. The van der Waals surface area contributed by atoms with Crippen LogP contribution in [-0.2, 0) is 23.7 Å². The van der Waals surface area contributed by atoms with E-state index in [-0.39, 0.29) is 53.9 Å². The number of benzene rings is 1. The lowest BCUT2D eigenvalue weighted by molar-refractivity contribution is -0.295. The molecule has 0 amide bonds. The maximum Gasteiger partial charge on any atom is 0.338 e. The van der Waals surface area contributed by atoms with Crippen molar-refractivity contribution in [3.63, 3.8) is 0 Å². The Morgan fingerprint density at radius 1 is 1.00 bits per heavy atom. The highest BCUT2D eigenvalue weighted by atomic mass is 16.6. The van der Waals surface area contributed by atoms with Crippen LogP contribution < -0.4 is 4.74 Å². The first-order chi connectivity index (χ1) is 20.7. The summed E-state index contributed by atoms with van der Waals surface area (Å²) in [4.78, 5) is 16.1. The van der Waals surface area contributed by atoms with Crippen LogP contribution >= 0.6 is 0 Å². The normalized spacial score (nSPS) is 49.2. The number of esters is 1. The highest BCUT2D eigenvalue weighted by Crippen LogP contribution is 2.79. The molecule has 1 aliphatic heterocycles. The molecule has 1 heterocycles. The molecule has 14 unspecified atom stereocenters. The highest BCUT2D eigenvalue weighted by molar-refractivity contribution is 5.89. The summed E-state index contributed by atoms with van der Waals surface area (Å²) < 4.78 is 36.6. The Labute approximate surface area is 253 Å². The smallest absolute Gasteiger partial charge is 0.338 e. The van der Waals surface area contributed by atoms with E-state index in [9.17, 15) is 15.0 Å². The third-order valence-electron chi connectivity index (χ3n) is 13.0. The SMILES string of the molecule is CCN1CC2(COC)C(O)CC(OC)C34C5CC6C(OC)CC(O)(C5C6OC(=O)c5ccc(OC)cc5)C(C(OC)C23)C14. The van der Waals surface area contributed by atoms with E-state index in [0.29, 0.717) is 37.3 Å². The predicted molar refractivity (Wildman–Crippen MR) is 155 cm³/mol. The average molecular weight is 602 g/mol. The number of hydrogen-bond acceptors (Lipinski definition) is 10. The first-order valence-electron chi connectivity index (χ1n) is 15.8. The van der Waals surface area contributed by atoms with E-state index in [1.807, 2.05) is 0 Å². The molecule has 43 heavy (non-hydrogen) atoms. The van der Waals surface area contributed by atoms with Gasteiger partial charge in [0.1, 0.15) is 11.9 Å². The Balaban J connectivity index is 1.39. The summed E-state index contributed by atoms with van der Waals surface area (Å²) in [6.45, 7) is 3.98. The monoisotopic (exact) mass is 601 g/mol. The summed E-state index contributed by atoms with van der Waals surface area (Å²) in [5, 5.41) is 25.1. The lowest BCUT2D eigenvalue weighted by Gasteiger charge is -2.70. The third-order valence-corrected chi connectivity index (χ3v) is 13.0. The molecule has 1 aromatic rings. The van der Waals surface area contributed by atoms with Crippen molar-refractivity contribution < 1.29 is 43.4 Å². The largest absolute Gasteiger partial charge is 0.497 e. The summed E-state index contributed by atoms with van der Waals surface area (Å²) >= 11 is 0. The van der Waals surface area contributed by atoms with Crippen LogP contribution in [0.4, 0.5) is 0 Å². The zero-order chi connectivity index (χ0) is 30.5. The second-order valence-corrected chi connectivity index (χ2v) is 14.0. The molecule has 1 saturated heterocycles. The number of hydrogen-bond donors (Lipinski definition) is 2. The van der Waals surface area contributed by atoms with Crippen LogP contribution in [-0.4, -0.2) is 118 Å². The molecule has 10 heteroatoms. The number of ether oxygens (including phenoxy) is 6.